The zero-order valence-electron chi connectivity index (χ0n) is 14.3. The molecular weight excluding hydrogens is 294 g/mol. The Balaban J connectivity index is 2.02. The summed E-state index contributed by atoms with van der Waals surface area (Å²) in [5.41, 5.74) is 1.14. The number of rotatable bonds is 7. The fourth-order valence-electron chi connectivity index (χ4n) is 3.19. The third kappa shape index (κ3) is 4.27. The van der Waals surface area contributed by atoms with Gasteiger partial charge in [0.25, 0.3) is 0 Å². The second-order valence-corrected chi connectivity index (χ2v) is 5.83. The van der Waals surface area contributed by atoms with Crippen molar-refractivity contribution in [2.45, 2.75) is 13.0 Å². The molecule has 0 bridgehead atoms. The van der Waals surface area contributed by atoms with E-state index in [1.54, 1.807) is 21.3 Å². The number of nitrogens with one attached hydrogen (secondary N) is 2. The van der Waals surface area contributed by atoms with Gasteiger partial charge in [-0.3, -0.25) is 0 Å². The molecule has 126 valence electrons. The van der Waals surface area contributed by atoms with Gasteiger partial charge in [0.1, 0.15) is 32.7 Å². The lowest BCUT2D eigenvalue weighted by Gasteiger charge is -2.29. The third-order valence-corrected chi connectivity index (χ3v) is 4.48. The Kier molecular flexibility index (Phi) is 6.51. The van der Waals surface area contributed by atoms with Gasteiger partial charge >= 0.3 is 0 Å². The number of methoxy groups -OCH3 is 3. The summed E-state index contributed by atoms with van der Waals surface area (Å²) in [6.07, 6.45) is 0.647. The molecule has 0 aromatic heterocycles. The van der Waals surface area contributed by atoms with Crippen molar-refractivity contribution in [2.24, 2.45) is 0 Å². The first-order valence-electron chi connectivity index (χ1n) is 8.05. The summed E-state index contributed by atoms with van der Waals surface area (Å²) in [4.78, 5) is 3.07. The number of hydrogen-bond donors (Lipinski definition) is 2. The number of quaternary nitrogens is 2. The number of nitrogens with zero attached hydrogens (tertiary/aromatic N) is 1. The van der Waals surface area contributed by atoms with Gasteiger partial charge in [-0.25, -0.2) is 0 Å². The quantitative estimate of drug-likeness (QED) is 0.670. The number of piperazine rings is 1. The minimum absolute atomic E-state index is 0.647. The third-order valence-electron chi connectivity index (χ3n) is 4.48. The fraction of sp³-hybridized carbons (Fsp3) is 0.588. The smallest absolute Gasteiger partial charge is 0.203 e. The minimum Gasteiger partial charge on any atom is -0.493 e. The maximum absolute atomic E-state index is 8.69. The van der Waals surface area contributed by atoms with E-state index in [1.807, 2.05) is 6.07 Å². The van der Waals surface area contributed by atoms with Crippen molar-refractivity contribution in [2.75, 3.05) is 54.1 Å². The van der Waals surface area contributed by atoms with Crippen molar-refractivity contribution in [1.29, 1.82) is 5.26 Å². The van der Waals surface area contributed by atoms with E-state index in [0.717, 1.165) is 50.6 Å². The number of benzene rings is 1. The molecule has 6 heteroatoms. The molecule has 0 unspecified atom stereocenters. The Labute approximate surface area is 138 Å². The summed E-state index contributed by atoms with van der Waals surface area (Å²) >= 11 is 0. The van der Waals surface area contributed by atoms with Crippen LogP contribution in [-0.2, 0) is 6.54 Å². The van der Waals surface area contributed by atoms with Gasteiger partial charge < -0.3 is 24.0 Å². The summed E-state index contributed by atoms with van der Waals surface area (Å²) in [5.74, 6) is 2.11. The van der Waals surface area contributed by atoms with Crippen LogP contribution in [-0.4, -0.2) is 54.1 Å². The van der Waals surface area contributed by atoms with Crippen molar-refractivity contribution >= 4 is 0 Å². The molecule has 0 saturated carbocycles. The van der Waals surface area contributed by atoms with Crippen LogP contribution in [0.3, 0.4) is 0 Å². The predicted octanol–water partition coefficient (Wildman–Crippen LogP) is -1.09. The van der Waals surface area contributed by atoms with Gasteiger partial charge in [0.15, 0.2) is 11.5 Å². The van der Waals surface area contributed by atoms with Gasteiger partial charge in [-0.1, -0.05) is 0 Å². The molecule has 23 heavy (non-hydrogen) atoms. The maximum atomic E-state index is 8.69. The average Bonchev–Trinajstić information content (AvgIpc) is 2.60. The first kappa shape index (κ1) is 17.4. The van der Waals surface area contributed by atoms with Gasteiger partial charge in [-0.15, -0.1) is 0 Å². The molecule has 1 saturated heterocycles. The lowest BCUT2D eigenvalue weighted by molar-refractivity contribution is -1.02. The maximum Gasteiger partial charge on any atom is 0.203 e. The van der Waals surface area contributed by atoms with E-state index in [2.05, 4.69) is 12.1 Å². The van der Waals surface area contributed by atoms with E-state index in [4.69, 9.17) is 19.5 Å². The molecule has 1 aliphatic heterocycles. The normalized spacial score (nSPS) is 20.6. The molecule has 1 heterocycles. The van der Waals surface area contributed by atoms with E-state index in [1.165, 1.54) is 9.80 Å². The molecule has 0 radical (unpaired) electrons. The Morgan fingerprint density at radius 3 is 2.17 bits per heavy atom. The molecule has 1 aromatic carbocycles. The Bertz CT molecular complexity index is 549. The van der Waals surface area contributed by atoms with Crippen LogP contribution in [0.25, 0.3) is 0 Å². The molecule has 0 atom stereocenters. The van der Waals surface area contributed by atoms with E-state index in [0.29, 0.717) is 17.9 Å². The first-order chi connectivity index (χ1) is 11.2. The van der Waals surface area contributed by atoms with Crippen molar-refractivity contribution in [1.82, 2.24) is 0 Å². The van der Waals surface area contributed by atoms with Crippen molar-refractivity contribution in [3.63, 3.8) is 0 Å². The molecule has 0 amide bonds. The molecule has 1 aromatic rings. The Hall–Kier alpha value is -1.97. The summed E-state index contributed by atoms with van der Waals surface area (Å²) in [5, 5.41) is 8.69. The van der Waals surface area contributed by atoms with E-state index in [-0.39, 0.29) is 0 Å². The number of ether oxygens (including phenoxy) is 3. The standard InChI is InChI=1S/C17H25N3O3/c1-21-15-6-5-14(16(22-2)17(15)23-3)13-20-11-9-19(10-12-20)8-4-7-18/h5-6H,4,8-13H2,1-3H3/p+2. The zero-order valence-corrected chi connectivity index (χ0v) is 14.3. The van der Waals surface area contributed by atoms with Crippen LogP contribution >= 0.6 is 0 Å². The van der Waals surface area contributed by atoms with Crippen LogP contribution < -0.4 is 24.0 Å². The summed E-state index contributed by atoms with van der Waals surface area (Å²) in [7, 11) is 4.93. The average molecular weight is 321 g/mol. The minimum atomic E-state index is 0.647. The Morgan fingerprint density at radius 1 is 0.957 bits per heavy atom. The highest BCUT2D eigenvalue weighted by atomic mass is 16.5. The lowest BCUT2D eigenvalue weighted by Crippen LogP contribution is -3.27. The van der Waals surface area contributed by atoms with E-state index in [9.17, 15) is 0 Å². The largest absolute Gasteiger partial charge is 0.493 e. The lowest BCUT2D eigenvalue weighted by atomic mass is 10.1. The SMILES string of the molecule is COc1ccc(C[NH+]2CC[NH+](CCC#N)CC2)c(OC)c1OC. The fourth-order valence-corrected chi connectivity index (χ4v) is 3.19. The highest BCUT2D eigenvalue weighted by Gasteiger charge is 2.25. The summed E-state index contributed by atoms with van der Waals surface area (Å²) in [6, 6.07) is 6.23. The molecule has 2 rings (SSSR count). The van der Waals surface area contributed by atoms with Gasteiger partial charge in [0.2, 0.25) is 5.75 Å². The second kappa shape index (κ2) is 8.61. The van der Waals surface area contributed by atoms with Gasteiger partial charge in [0.05, 0.1) is 45.9 Å². The van der Waals surface area contributed by atoms with Crippen molar-refractivity contribution in [3.05, 3.63) is 17.7 Å². The van der Waals surface area contributed by atoms with Crippen LogP contribution in [0, 0.1) is 11.3 Å². The van der Waals surface area contributed by atoms with E-state index < -0.39 is 0 Å². The zero-order chi connectivity index (χ0) is 16.7. The molecular formula is C17H27N3O3+2. The van der Waals surface area contributed by atoms with Crippen LogP contribution in [0.4, 0.5) is 0 Å². The molecule has 6 nitrogen and oxygen atoms in total. The highest BCUT2D eigenvalue weighted by molar-refractivity contribution is 5.55. The van der Waals surface area contributed by atoms with Crippen LogP contribution in [0.1, 0.15) is 12.0 Å². The van der Waals surface area contributed by atoms with Gasteiger partial charge in [0, 0.05) is 0 Å². The van der Waals surface area contributed by atoms with Gasteiger partial charge in [-0.2, -0.15) is 5.26 Å². The molecule has 0 aliphatic carbocycles. The van der Waals surface area contributed by atoms with E-state index >= 15 is 0 Å². The van der Waals surface area contributed by atoms with Crippen LogP contribution in [0.2, 0.25) is 0 Å². The molecule has 0 spiro atoms. The molecule has 1 aliphatic rings. The summed E-state index contributed by atoms with van der Waals surface area (Å²) in [6.45, 7) is 6.33. The van der Waals surface area contributed by atoms with Crippen molar-refractivity contribution < 1.29 is 24.0 Å². The Morgan fingerprint density at radius 2 is 1.61 bits per heavy atom. The molecule has 2 N–H and O–H groups in total. The van der Waals surface area contributed by atoms with Crippen LogP contribution in [0.5, 0.6) is 17.2 Å². The number of hydrogen-bond acceptors (Lipinski definition) is 4. The predicted molar refractivity (Wildman–Crippen MR) is 86.3 cm³/mol. The molecule has 1 fully saturated rings. The van der Waals surface area contributed by atoms with Gasteiger partial charge in [-0.05, 0) is 12.1 Å². The highest BCUT2D eigenvalue weighted by Crippen LogP contribution is 2.39. The van der Waals surface area contributed by atoms with Crippen molar-refractivity contribution in [3.8, 4) is 23.3 Å². The summed E-state index contributed by atoms with van der Waals surface area (Å²) < 4.78 is 16.4. The number of nitriles is 1. The van der Waals surface area contributed by atoms with Crippen LogP contribution in [0.15, 0.2) is 12.1 Å². The topological polar surface area (TPSA) is 60.4 Å². The first-order valence-corrected chi connectivity index (χ1v) is 8.05. The second-order valence-electron chi connectivity index (χ2n) is 5.83. The monoisotopic (exact) mass is 321 g/mol.